The molecule has 0 saturated carbocycles. The number of aliphatic imine (C=N–C) groups is 1. The van der Waals surface area contributed by atoms with Gasteiger partial charge in [-0.05, 0) is 37.1 Å². The van der Waals surface area contributed by atoms with Gasteiger partial charge >= 0.3 is 0 Å². The summed E-state index contributed by atoms with van der Waals surface area (Å²) < 4.78 is 7.78. The van der Waals surface area contributed by atoms with Crippen LogP contribution < -0.4 is 15.5 Å². The maximum absolute atomic E-state index is 5.50. The summed E-state index contributed by atoms with van der Waals surface area (Å²) in [7, 11) is 1.82. The molecule has 0 bridgehead atoms. The van der Waals surface area contributed by atoms with Crippen LogP contribution >= 0.6 is 0 Å². The summed E-state index contributed by atoms with van der Waals surface area (Å²) in [5.74, 6) is 1.88. The third kappa shape index (κ3) is 5.17. The number of morpholine rings is 1. The Kier molecular flexibility index (Phi) is 7.04. The predicted octanol–water partition coefficient (Wildman–Crippen LogP) is 2.94. The van der Waals surface area contributed by atoms with Gasteiger partial charge in [0.1, 0.15) is 5.82 Å². The van der Waals surface area contributed by atoms with Gasteiger partial charge in [-0.15, -0.1) is 0 Å². The standard InChI is InChI=1S/C24H32N6O/c1-19-28-21-9-4-6-11-23(21)30(19)13-7-12-26-24(25-2)27-18-20-8-3-5-10-22(20)29-14-16-31-17-15-29/h3-6,8-11H,7,12-18H2,1-2H3,(H2,25,26,27). The summed E-state index contributed by atoms with van der Waals surface area (Å²) in [5, 5.41) is 6.90. The zero-order valence-electron chi connectivity index (χ0n) is 18.5. The van der Waals surface area contributed by atoms with Crippen LogP contribution in [0.2, 0.25) is 0 Å². The van der Waals surface area contributed by atoms with Crippen molar-refractivity contribution >= 4 is 22.7 Å². The van der Waals surface area contributed by atoms with E-state index in [9.17, 15) is 0 Å². The van der Waals surface area contributed by atoms with Crippen molar-refractivity contribution in [2.24, 2.45) is 4.99 Å². The normalized spacial score (nSPS) is 14.8. The van der Waals surface area contributed by atoms with Gasteiger partial charge in [-0.25, -0.2) is 4.98 Å². The molecule has 31 heavy (non-hydrogen) atoms. The predicted molar refractivity (Wildman–Crippen MR) is 127 cm³/mol. The summed E-state index contributed by atoms with van der Waals surface area (Å²) in [6, 6.07) is 16.9. The van der Waals surface area contributed by atoms with Gasteiger partial charge in [-0.2, -0.15) is 0 Å². The fourth-order valence-corrected chi connectivity index (χ4v) is 4.09. The third-order valence-corrected chi connectivity index (χ3v) is 5.71. The molecular weight excluding hydrogens is 388 g/mol. The second-order valence-electron chi connectivity index (χ2n) is 7.73. The van der Waals surface area contributed by atoms with E-state index in [4.69, 9.17) is 4.74 Å². The first-order valence-corrected chi connectivity index (χ1v) is 11.0. The Morgan fingerprint density at radius 2 is 1.84 bits per heavy atom. The summed E-state index contributed by atoms with van der Waals surface area (Å²) in [6.07, 6.45) is 0.992. The van der Waals surface area contributed by atoms with E-state index < -0.39 is 0 Å². The van der Waals surface area contributed by atoms with Gasteiger partial charge < -0.3 is 24.8 Å². The van der Waals surface area contributed by atoms with Gasteiger partial charge in [0.05, 0.1) is 24.2 Å². The Morgan fingerprint density at radius 1 is 1.06 bits per heavy atom. The Morgan fingerprint density at radius 3 is 2.68 bits per heavy atom. The number of benzene rings is 2. The molecule has 7 heteroatoms. The fourth-order valence-electron chi connectivity index (χ4n) is 4.09. The highest BCUT2D eigenvalue weighted by molar-refractivity contribution is 5.80. The topological polar surface area (TPSA) is 66.7 Å². The quantitative estimate of drug-likeness (QED) is 0.350. The number of hydrogen-bond acceptors (Lipinski definition) is 4. The molecule has 1 fully saturated rings. The minimum Gasteiger partial charge on any atom is -0.378 e. The molecule has 0 unspecified atom stereocenters. The van der Waals surface area contributed by atoms with Gasteiger partial charge in [0.15, 0.2) is 5.96 Å². The molecule has 1 aliphatic rings. The SMILES string of the molecule is CN=C(NCCCn1c(C)nc2ccccc21)NCc1ccccc1N1CCOCC1. The molecule has 164 valence electrons. The molecule has 1 aromatic heterocycles. The van der Waals surface area contributed by atoms with Crippen LogP contribution in [0.4, 0.5) is 5.69 Å². The lowest BCUT2D eigenvalue weighted by molar-refractivity contribution is 0.122. The second kappa shape index (κ2) is 10.3. The summed E-state index contributed by atoms with van der Waals surface area (Å²) in [6.45, 7) is 8.03. The lowest BCUT2D eigenvalue weighted by Crippen LogP contribution is -2.39. The molecule has 0 radical (unpaired) electrons. The largest absolute Gasteiger partial charge is 0.378 e. The van der Waals surface area contributed by atoms with Crippen LogP contribution in [0.5, 0.6) is 0 Å². The van der Waals surface area contributed by atoms with Crippen molar-refractivity contribution in [3.63, 3.8) is 0 Å². The van der Waals surface area contributed by atoms with Crippen molar-refractivity contribution in [3.8, 4) is 0 Å². The first kappa shape index (κ1) is 21.2. The third-order valence-electron chi connectivity index (χ3n) is 5.71. The number of aromatic nitrogens is 2. The van der Waals surface area contributed by atoms with Crippen LogP contribution in [0.15, 0.2) is 53.5 Å². The molecule has 1 saturated heterocycles. The maximum atomic E-state index is 5.50. The zero-order chi connectivity index (χ0) is 21.5. The van der Waals surface area contributed by atoms with Crippen molar-refractivity contribution in [2.75, 3.05) is 44.8 Å². The van der Waals surface area contributed by atoms with Crippen molar-refractivity contribution in [2.45, 2.75) is 26.4 Å². The van der Waals surface area contributed by atoms with Gasteiger partial charge in [0, 0.05) is 45.5 Å². The number of rotatable bonds is 7. The molecule has 3 aromatic rings. The van der Waals surface area contributed by atoms with E-state index in [1.807, 2.05) is 13.1 Å². The number of ether oxygens (including phenoxy) is 1. The minimum absolute atomic E-state index is 0.735. The highest BCUT2D eigenvalue weighted by atomic mass is 16.5. The summed E-state index contributed by atoms with van der Waals surface area (Å²) >= 11 is 0. The smallest absolute Gasteiger partial charge is 0.191 e. The second-order valence-corrected chi connectivity index (χ2v) is 7.73. The highest BCUT2D eigenvalue weighted by Gasteiger charge is 2.14. The highest BCUT2D eigenvalue weighted by Crippen LogP contribution is 2.21. The van der Waals surface area contributed by atoms with Crippen LogP contribution in [0.25, 0.3) is 11.0 Å². The summed E-state index contributed by atoms with van der Waals surface area (Å²) in [4.78, 5) is 11.4. The first-order chi connectivity index (χ1) is 15.3. The van der Waals surface area contributed by atoms with E-state index in [1.165, 1.54) is 16.8 Å². The van der Waals surface area contributed by atoms with Gasteiger partial charge in [0.25, 0.3) is 0 Å². The number of nitrogens with zero attached hydrogens (tertiary/aromatic N) is 4. The van der Waals surface area contributed by atoms with Crippen molar-refractivity contribution in [3.05, 3.63) is 59.9 Å². The van der Waals surface area contributed by atoms with E-state index >= 15 is 0 Å². The lowest BCUT2D eigenvalue weighted by Gasteiger charge is -2.30. The van der Waals surface area contributed by atoms with Gasteiger partial charge in [-0.1, -0.05) is 30.3 Å². The van der Waals surface area contributed by atoms with E-state index in [-0.39, 0.29) is 0 Å². The number of fused-ring (bicyclic) bond motifs is 1. The van der Waals surface area contributed by atoms with E-state index in [0.29, 0.717) is 0 Å². The number of guanidine groups is 1. The molecule has 7 nitrogen and oxygen atoms in total. The molecule has 4 rings (SSSR count). The number of nitrogens with one attached hydrogen (secondary N) is 2. The maximum Gasteiger partial charge on any atom is 0.191 e. The van der Waals surface area contributed by atoms with Crippen LogP contribution in [0.1, 0.15) is 17.8 Å². The molecule has 1 aliphatic heterocycles. The fraction of sp³-hybridized carbons (Fsp3) is 0.417. The van der Waals surface area contributed by atoms with Crippen LogP contribution in [-0.2, 0) is 17.8 Å². The molecule has 2 heterocycles. The number of aryl methyl sites for hydroxylation is 2. The Hall–Kier alpha value is -3.06. The lowest BCUT2D eigenvalue weighted by atomic mass is 10.1. The van der Waals surface area contributed by atoms with Crippen molar-refractivity contribution in [1.82, 2.24) is 20.2 Å². The average Bonchev–Trinajstić information content (AvgIpc) is 3.14. The molecule has 0 atom stereocenters. The summed E-state index contributed by atoms with van der Waals surface area (Å²) in [5.41, 5.74) is 4.80. The Labute approximate surface area is 184 Å². The molecule has 2 N–H and O–H groups in total. The molecular formula is C24H32N6O. The van der Waals surface area contributed by atoms with E-state index in [2.05, 4.69) is 79.5 Å². The zero-order valence-corrected chi connectivity index (χ0v) is 18.5. The number of anilines is 1. The molecule has 2 aromatic carbocycles. The van der Waals surface area contributed by atoms with Gasteiger partial charge in [0.2, 0.25) is 0 Å². The Bertz CT molecular complexity index is 1020. The number of para-hydroxylation sites is 3. The van der Waals surface area contributed by atoms with Crippen LogP contribution in [0.3, 0.4) is 0 Å². The minimum atomic E-state index is 0.735. The monoisotopic (exact) mass is 420 g/mol. The number of hydrogen-bond donors (Lipinski definition) is 2. The van der Waals surface area contributed by atoms with Crippen LogP contribution in [0, 0.1) is 6.92 Å². The molecule has 0 spiro atoms. The van der Waals surface area contributed by atoms with E-state index in [0.717, 1.165) is 69.7 Å². The van der Waals surface area contributed by atoms with Gasteiger partial charge in [-0.3, -0.25) is 4.99 Å². The van der Waals surface area contributed by atoms with Crippen molar-refractivity contribution in [1.29, 1.82) is 0 Å². The Balaban J connectivity index is 1.28. The number of imidazole rings is 1. The van der Waals surface area contributed by atoms with Crippen molar-refractivity contribution < 1.29 is 4.74 Å². The van der Waals surface area contributed by atoms with Crippen LogP contribution in [-0.4, -0.2) is 55.4 Å². The molecule has 0 aliphatic carbocycles. The van der Waals surface area contributed by atoms with E-state index in [1.54, 1.807) is 0 Å². The average molecular weight is 421 g/mol. The first-order valence-electron chi connectivity index (χ1n) is 11.0. The molecule has 0 amide bonds.